The van der Waals surface area contributed by atoms with Gasteiger partial charge in [0.2, 0.25) is 0 Å². The van der Waals surface area contributed by atoms with E-state index >= 15 is 0 Å². The second kappa shape index (κ2) is 6.61. The number of imidazole rings is 1. The molecule has 0 fully saturated rings. The number of halogens is 2. The van der Waals surface area contributed by atoms with Gasteiger partial charge >= 0.3 is 7.12 Å². The Balaban J connectivity index is 1.96. The van der Waals surface area contributed by atoms with Crippen LogP contribution in [-0.4, -0.2) is 26.7 Å². The van der Waals surface area contributed by atoms with E-state index in [1.54, 1.807) is 12.4 Å². The van der Waals surface area contributed by atoms with Crippen molar-refractivity contribution in [2.24, 2.45) is 0 Å². The Labute approximate surface area is 122 Å². The Morgan fingerprint density at radius 3 is 2.58 bits per heavy atom. The van der Waals surface area contributed by atoms with Crippen LogP contribution in [0.15, 0.2) is 18.5 Å². The average molecular weight is 301 g/mol. The standard InChI is InChI=1S/C12H15BCl2N2O2/c14-9-6-11-12(7-10(9)15)17(8-16-11)5-3-1-2-4-13(18)19/h6-8,18-19H,1-5H2. The summed E-state index contributed by atoms with van der Waals surface area (Å²) in [5, 5.41) is 18.5. The van der Waals surface area contributed by atoms with Crippen LogP contribution in [0.25, 0.3) is 11.0 Å². The summed E-state index contributed by atoms with van der Waals surface area (Å²) >= 11 is 12.0. The van der Waals surface area contributed by atoms with Gasteiger partial charge in [-0.25, -0.2) is 4.98 Å². The third-order valence-corrected chi connectivity index (χ3v) is 3.75. The molecule has 1 heterocycles. The van der Waals surface area contributed by atoms with Crippen molar-refractivity contribution in [2.75, 3.05) is 0 Å². The number of benzene rings is 1. The average Bonchev–Trinajstić information content (AvgIpc) is 2.72. The van der Waals surface area contributed by atoms with E-state index in [1.807, 2.05) is 10.6 Å². The molecule has 0 spiro atoms. The van der Waals surface area contributed by atoms with E-state index in [1.165, 1.54) is 0 Å². The maximum atomic E-state index is 8.75. The third kappa shape index (κ3) is 3.86. The highest BCUT2D eigenvalue weighted by Gasteiger charge is 2.08. The number of hydrogen-bond acceptors (Lipinski definition) is 3. The van der Waals surface area contributed by atoms with Gasteiger partial charge in [0.25, 0.3) is 0 Å². The molecule has 7 heteroatoms. The normalized spacial score (nSPS) is 11.2. The van der Waals surface area contributed by atoms with Crippen LogP contribution in [0.2, 0.25) is 16.4 Å². The fourth-order valence-electron chi connectivity index (χ4n) is 2.02. The molecule has 2 N–H and O–H groups in total. The zero-order valence-electron chi connectivity index (χ0n) is 10.4. The fraction of sp³-hybridized carbons (Fsp3) is 0.417. The Morgan fingerprint density at radius 1 is 1.11 bits per heavy atom. The fourth-order valence-corrected chi connectivity index (χ4v) is 2.33. The highest BCUT2D eigenvalue weighted by Crippen LogP contribution is 2.27. The highest BCUT2D eigenvalue weighted by molar-refractivity contribution is 6.42. The molecule has 2 rings (SSSR count). The van der Waals surface area contributed by atoms with Crippen LogP contribution in [-0.2, 0) is 6.54 Å². The first-order valence-corrected chi connectivity index (χ1v) is 6.99. The first-order valence-electron chi connectivity index (χ1n) is 6.24. The van der Waals surface area contributed by atoms with Crippen LogP contribution >= 0.6 is 23.2 Å². The Bertz CT molecular complexity index is 560. The molecule has 1 aromatic carbocycles. The summed E-state index contributed by atoms with van der Waals surface area (Å²) in [5.74, 6) is 0. The molecule has 0 unspecified atom stereocenters. The molecule has 0 bridgehead atoms. The predicted molar refractivity (Wildman–Crippen MR) is 78.6 cm³/mol. The van der Waals surface area contributed by atoms with Gasteiger partial charge < -0.3 is 14.6 Å². The van der Waals surface area contributed by atoms with Gasteiger partial charge in [0.1, 0.15) is 0 Å². The first kappa shape index (κ1) is 14.7. The van der Waals surface area contributed by atoms with E-state index in [-0.39, 0.29) is 0 Å². The summed E-state index contributed by atoms with van der Waals surface area (Å²) in [4.78, 5) is 4.29. The van der Waals surface area contributed by atoms with Gasteiger partial charge in [0.05, 0.1) is 27.4 Å². The van der Waals surface area contributed by atoms with Crippen molar-refractivity contribution in [1.29, 1.82) is 0 Å². The van der Waals surface area contributed by atoms with Crippen molar-refractivity contribution in [3.63, 3.8) is 0 Å². The second-order valence-electron chi connectivity index (χ2n) is 4.52. The van der Waals surface area contributed by atoms with E-state index in [0.29, 0.717) is 16.4 Å². The number of rotatable bonds is 6. The minimum absolute atomic E-state index is 0.423. The van der Waals surface area contributed by atoms with Crippen LogP contribution in [0.3, 0.4) is 0 Å². The molecule has 0 saturated carbocycles. The Morgan fingerprint density at radius 2 is 1.84 bits per heavy atom. The lowest BCUT2D eigenvalue weighted by Crippen LogP contribution is -2.09. The minimum atomic E-state index is -1.20. The molecular formula is C12H15BCl2N2O2. The molecule has 102 valence electrons. The largest absolute Gasteiger partial charge is 0.451 e. The SMILES string of the molecule is OB(O)CCCCCn1cnc2cc(Cl)c(Cl)cc21. The van der Waals surface area contributed by atoms with E-state index < -0.39 is 7.12 Å². The topological polar surface area (TPSA) is 58.3 Å². The quantitative estimate of drug-likeness (QED) is 0.637. The molecule has 4 nitrogen and oxygen atoms in total. The number of unbranched alkanes of at least 4 members (excludes halogenated alkanes) is 2. The van der Waals surface area contributed by atoms with Gasteiger partial charge in [-0.05, 0) is 24.9 Å². The van der Waals surface area contributed by atoms with Crippen molar-refractivity contribution >= 4 is 41.4 Å². The summed E-state index contributed by atoms with van der Waals surface area (Å²) in [6.45, 7) is 0.829. The molecule has 0 atom stereocenters. The molecule has 0 amide bonds. The van der Waals surface area contributed by atoms with Gasteiger partial charge in [0.15, 0.2) is 0 Å². The first-order chi connectivity index (χ1) is 9.08. The van der Waals surface area contributed by atoms with Crippen molar-refractivity contribution in [3.05, 3.63) is 28.5 Å². The van der Waals surface area contributed by atoms with Crippen LogP contribution < -0.4 is 0 Å². The van der Waals surface area contributed by atoms with Crippen molar-refractivity contribution in [2.45, 2.75) is 32.1 Å². The molecule has 0 aliphatic heterocycles. The summed E-state index contributed by atoms with van der Waals surface area (Å²) in [5.41, 5.74) is 1.80. The Kier molecular flexibility index (Phi) is 5.10. The van der Waals surface area contributed by atoms with Crippen LogP contribution in [0.4, 0.5) is 0 Å². The Hall–Kier alpha value is -0.745. The van der Waals surface area contributed by atoms with E-state index in [0.717, 1.165) is 36.8 Å². The molecular weight excluding hydrogens is 286 g/mol. The summed E-state index contributed by atoms with van der Waals surface area (Å²) in [6.07, 6.45) is 4.90. The number of hydrogen-bond donors (Lipinski definition) is 2. The van der Waals surface area contributed by atoms with Crippen molar-refractivity contribution in [1.82, 2.24) is 9.55 Å². The maximum absolute atomic E-state index is 8.75. The highest BCUT2D eigenvalue weighted by atomic mass is 35.5. The van der Waals surface area contributed by atoms with Crippen LogP contribution in [0.5, 0.6) is 0 Å². The van der Waals surface area contributed by atoms with E-state index in [4.69, 9.17) is 33.2 Å². The number of aryl methyl sites for hydroxylation is 1. The van der Waals surface area contributed by atoms with Gasteiger partial charge in [-0.1, -0.05) is 36.0 Å². The zero-order chi connectivity index (χ0) is 13.8. The maximum Gasteiger partial charge on any atom is 0.451 e. The summed E-state index contributed by atoms with van der Waals surface area (Å²) < 4.78 is 2.03. The predicted octanol–water partition coefficient (Wildman–Crippen LogP) is 2.99. The number of fused-ring (bicyclic) bond motifs is 1. The van der Waals surface area contributed by atoms with E-state index in [9.17, 15) is 0 Å². The lowest BCUT2D eigenvalue weighted by Gasteiger charge is -2.05. The van der Waals surface area contributed by atoms with Crippen LogP contribution in [0, 0.1) is 0 Å². The lowest BCUT2D eigenvalue weighted by atomic mass is 9.83. The second-order valence-corrected chi connectivity index (χ2v) is 5.34. The molecule has 1 aromatic heterocycles. The van der Waals surface area contributed by atoms with Gasteiger partial charge in [-0.3, -0.25) is 0 Å². The van der Waals surface area contributed by atoms with Crippen molar-refractivity contribution in [3.8, 4) is 0 Å². The smallest absolute Gasteiger partial charge is 0.427 e. The van der Waals surface area contributed by atoms with Gasteiger partial charge in [0, 0.05) is 6.54 Å². The van der Waals surface area contributed by atoms with E-state index in [2.05, 4.69) is 4.98 Å². The molecule has 19 heavy (non-hydrogen) atoms. The van der Waals surface area contributed by atoms with Gasteiger partial charge in [-0.15, -0.1) is 0 Å². The number of aromatic nitrogens is 2. The molecule has 0 radical (unpaired) electrons. The molecule has 2 aromatic rings. The van der Waals surface area contributed by atoms with Gasteiger partial charge in [-0.2, -0.15) is 0 Å². The van der Waals surface area contributed by atoms with Crippen LogP contribution in [0.1, 0.15) is 19.3 Å². The molecule has 0 aliphatic carbocycles. The zero-order valence-corrected chi connectivity index (χ0v) is 11.9. The monoisotopic (exact) mass is 300 g/mol. The molecule has 0 aliphatic rings. The third-order valence-electron chi connectivity index (χ3n) is 3.02. The minimum Gasteiger partial charge on any atom is -0.427 e. The lowest BCUT2D eigenvalue weighted by molar-refractivity contribution is 0.401. The summed E-state index contributed by atoms with van der Waals surface area (Å²) in [7, 11) is -1.20. The number of nitrogens with zero attached hydrogens (tertiary/aromatic N) is 2. The summed E-state index contributed by atoms with van der Waals surface area (Å²) in [6, 6.07) is 3.58. The van der Waals surface area contributed by atoms with Crippen molar-refractivity contribution < 1.29 is 10.0 Å². The molecule has 0 saturated heterocycles.